The number of hydrogen-bond donors (Lipinski definition) is 0. The molecule has 2 aliphatic heterocycles. The first kappa shape index (κ1) is 14.9. The van der Waals surface area contributed by atoms with Crippen molar-refractivity contribution in [3.63, 3.8) is 0 Å². The van der Waals surface area contributed by atoms with Crippen LogP contribution in [0.5, 0.6) is 0 Å². The normalized spacial score (nSPS) is 22.0. The average Bonchev–Trinajstić information content (AvgIpc) is 2.95. The molecule has 0 amide bonds. The topological polar surface area (TPSA) is 44.4 Å². The van der Waals surface area contributed by atoms with Gasteiger partial charge in [-0.05, 0) is 23.6 Å². The van der Waals surface area contributed by atoms with Crippen molar-refractivity contribution in [1.29, 1.82) is 0 Å². The quantitative estimate of drug-likeness (QED) is 0.863. The number of ether oxygens (including phenoxy) is 1. The maximum Gasteiger partial charge on any atom is 0.0916 e. The summed E-state index contributed by atoms with van der Waals surface area (Å²) in [5.74, 6) is 0. The van der Waals surface area contributed by atoms with Crippen molar-refractivity contribution in [2.75, 3.05) is 32.8 Å². The van der Waals surface area contributed by atoms with E-state index in [1.807, 2.05) is 11.7 Å². The van der Waals surface area contributed by atoms with Gasteiger partial charge in [0.15, 0.2) is 0 Å². The molecular formula is C18H23N4O. The summed E-state index contributed by atoms with van der Waals surface area (Å²) >= 11 is 0. The van der Waals surface area contributed by atoms with Crippen molar-refractivity contribution in [3.8, 4) is 0 Å². The van der Waals surface area contributed by atoms with E-state index in [-0.39, 0.29) is 6.04 Å². The van der Waals surface area contributed by atoms with E-state index in [2.05, 4.69) is 35.2 Å². The van der Waals surface area contributed by atoms with Gasteiger partial charge >= 0.3 is 0 Å². The molecule has 1 saturated heterocycles. The fourth-order valence-corrected chi connectivity index (χ4v) is 3.56. The molecule has 1 aromatic carbocycles. The first-order valence-electron chi connectivity index (χ1n) is 8.38. The number of rotatable bonds is 3. The zero-order valence-corrected chi connectivity index (χ0v) is 13.6. The van der Waals surface area contributed by atoms with Gasteiger partial charge in [0.2, 0.25) is 0 Å². The lowest BCUT2D eigenvalue weighted by atomic mass is 9.92. The molecular weight excluding hydrogens is 288 g/mol. The van der Waals surface area contributed by atoms with Crippen LogP contribution in [0.4, 0.5) is 0 Å². The Hall–Kier alpha value is -1.69. The highest BCUT2D eigenvalue weighted by Crippen LogP contribution is 2.30. The number of fused-ring (bicyclic) bond motifs is 1. The predicted molar refractivity (Wildman–Crippen MR) is 88.3 cm³/mol. The molecule has 0 N–H and O–H groups in total. The molecule has 5 heteroatoms. The van der Waals surface area contributed by atoms with Crippen molar-refractivity contribution in [3.05, 3.63) is 52.8 Å². The number of nitrogens with zero attached hydrogens (tertiary/aromatic N) is 4. The molecule has 1 unspecified atom stereocenters. The standard InChI is InChI=1S/C18H23N4O/c1-21-17(12-15(20-21)13-22-8-10-23-11-9-22)18-16-5-3-2-4-14(16)6-7-19-18/h2-5,12,18H,6-11,13H2,1H3. The Bertz CT molecular complexity index is 675. The van der Waals surface area contributed by atoms with Gasteiger partial charge in [0, 0.05) is 33.2 Å². The molecule has 5 nitrogen and oxygen atoms in total. The SMILES string of the molecule is Cn1nc(CN2CCOCC2)cc1C1[N]CCc2ccccc21. The summed E-state index contributed by atoms with van der Waals surface area (Å²) in [7, 11) is 2.03. The first-order valence-corrected chi connectivity index (χ1v) is 8.38. The minimum atomic E-state index is 0.121. The summed E-state index contributed by atoms with van der Waals surface area (Å²) in [6, 6.07) is 11.0. The number of aryl methyl sites for hydroxylation is 1. The molecule has 2 aliphatic rings. The Balaban J connectivity index is 1.58. The molecule has 4 rings (SSSR count). The van der Waals surface area contributed by atoms with Crippen LogP contribution < -0.4 is 5.32 Å². The molecule has 23 heavy (non-hydrogen) atoms. The highest BCUT2D eigenvalue weighted by Gasteiger charge is 2.25. The molecule has 1 atom stereocenters. The second-order valence-electron chi connectivity index (χ2n) is 6.33. The van der Waals surface area contributed by atoms with Gasteiger partial charge in [-0.2, -0.15) is 5.10 Å². The highest BCUT2D eigenvalue weighted by atomic mass is 16.5. The Morgan fingerprint density at radius 2 is 2.04 bits per heavy atom. The van der Waals surface area contributed by atoms with E-state index in [4.69, 9.17) is 15.2 Å². The van der Waals surface area contributed by atoms with Crippen LogP contribution in [-0.2, 0) is 24.8 Å². The van der Waals surface area contributed by atoms with E-state index < -0.39 is 0 Å². The molecule has 0 aliphatic carbocycles. The highest BCUT2D eigenvalue weighted by molar-refractivity contribution is 5.37. The van der Waals surface area contributed by atoms with Crippen LogP contribution in [0.3, 0.4) is 0 Å². The molecule has 1 fully saturated rings. The number of aromatic nitrogens is 2. The van der Waals surface area contributed by atoms with Crippen LogP contribution in [0.25, 0.3) is 0 Å². The fraction of sp³-hybridized carbons (Fsp3) is 0.500. The predicted octanol–water partition coefficient (Wildman–Crippen LogP) is 1.50. The third-order valence-corrected chi connectivity index (χ3v) is 4.78. The van der Waals surface area contributed by atoms with Gasteiger partial charge in [-0.15, -0.1) is 0 Å². The summed E-state index contributed by atoms with van der Waals surface area (Å²) in [5.41, 5.74) is 5.08. The van der Waals surface area contributed by atoms with Crippen LogP contribution in [0, 0.1) is 0 Å². The number of morpholine rings is 1. The molecule has 1 radical (unpaired) electrons. The van der Waals surface area contributed by atoms with Crippen molar-refractivity contribution in [1.82, 2.24) is 20.0 Å². The second-order valence-corrected chi connectivity index (χ2v) is 6.33. The number of hydrogen-bond acceptors (Lipinski definition) is 3. The summed E-state index contributed by atoms with van der Waals surface area (Å²) in [6.45, 7) is 5.42. The molecule has 2 aromatic rings. The lowest BCUT2D eigenvalue weighted by molar-refractivity contribution is 0.0336. The molecule has 1 aromatic heterocycles. The monoisotopic (exact) mass is 311 g/mol. The molecule has 121 valence electrons. The van der Waals surface area contributed by atoms with Crippen molar-refractivity contribution in [2.24, 2.45) is 7.05 Å². The smallest absolute Gasteiger partial charge is 0.0916 e. The minimum absolute atomic E-state index is 0.121. The van der Waals surface area contributed by atoms with Crippen LogP contribution in [0.2, 0.25) is 0 Å². The molecule has 0 spiro atoms. The van der Waals surface area contributed by atoms with Crippen LogP contribution in [-0.4, -0.2) is 47.5 Å². The maximum absolute atomic E-state index is 5.42. The largest absolute Gasteiger partial charge is 0.379 e. The average molecular weight is 311 g/mol. The zero-order valence-electron chi connectivity index (χ0n) is 13.6. The van der Waals surface area contributed by atoms with E-state index in [1.54, 1.807) is 0 Å². The molecule has 0 bridgehead atoms. The van der Waals surface area contributed by atoms with Gasteiger partial charge in [-0.3, -0.25) is 9.58 Å². The van der Waals surface area contributed by atoms with Crippen molar-refractivity contribution >= 4 is 0 Å². The van der Waals surface area contributed by atoms with E-state index in [1.165, 1.54) is 16.8 Å². The first-order chi connectivity index (χ1) is 11.3. The lowest BCUT2D eigenvalue weighted by Gasteiger charge is -2.25. The van der Waals surface area contributed by atoms with E-state index in [0.29, 0.717) is 0 Å². The Morgan fingerprint density at radius 3 is 2.91 bits per heavy atom. The minimum Gasteiger partial charge on any atom is -0.379 e. The Morgan fingerprint density at radius 1 is 1.22 bits per heavy atom. The van der Waals surface area contributed by atoms with Crippen LogP contribution in [0.1, 0.15) is 28.6 Å². The van der Waals surface area contributed by atoms with E-state index in [0.717, 1.165) is 51.5 Å². The summed E-state index contributed by atoms with van der Waals surface area (Å²) < 4.78 is 7.42. The summed E-state index contributed by atoms with van der Waals surface area (Å²) in [5, 5.41) is 9.59. The third kappa shape index (κ3) is 3.04. The van der Waals surface area contributed by atoms with Crippen molar-refractivity contribution < 1.29 is 4.74 Å². The van der Waals surface area contributed by atoms with E-state index in [9.17, 15) is 0 Å². The summed E-state index contributed by atoms with van der Waals surface area (Å²) in [4.78, 5) is 2.40. The Kier molecular flexibility index (Phi) is 4.16. The molecule has 3 heterocycles. The lowest BCUT2D eigenvalue weighted by Crippen LogP contribution is -2.35. The van der Waals surface area contributed by atoms with Gasteiger partial charge in [0.25, 0.3) is 0 Å². The zero-order chi connectivity index (χ0) is 15.6. The van der Waals surface area contributed by atoms with Gasteiger partial charge in [0.05, 0.1) is 30.6 Å². The fourth-order valence-electron chi connectivity index (χ4n) is 3.56. The summed E-state index contributed by atoms with van der Waals surface area (Å²) in [6.07, 6.45) is 1.05. The molecule has 0 saturated carbocycles. The number of benzene rings is 1. The maximum atomic E-state index is 5.42. The Labute approximate surface area is 137 Å². The van der Waals surface area contributed by atoms with Crippen LogP contribution >= 0.6 is 0 Å². The third-order valence-electron chi connectivity index (χ3n) is 4.78. The van der Waals surface area contributed by atoms with Gasteiger partial charge in [0.1, 0.15) is 0 Å². The van der Waals surface area contributed by atoms with E-state index >= 15 is 0 Å². The van der Waals surface area contributed by atoms with Crippen molar-refractivity contribution in [2.45, 2.75) is 19.0 Å². The van der Waals surface area contributed by atoms with Crippen LogP contribution in [0.15, 0.2) is 30.3 Å². The second kappa shape index (κ2) is 6.43. The van der Waals surface area contributed by atoms with Gasteiger partial charge < -0.3 is 4.74 Å². The van der Waals surface area contributed by atoms with Gasteiger partial charge in [-0.25, -0.2) is 5.32 Å². The van der Waals surface area contributed by atoms with Gasteiger partial charge in [-0.1, -0.05) is 24.3 Å².